The molecule has 0 fully saturated rings. The minimum atomic E-state index is -0.884. The first-order chi connectivity index (χ1) is 15.1. The van der Waals surface area contributed by atoms with Gasteiger partial charge >= 0.3 is 5.97 Å². The van der Waals surface area contributed by atoms with Crippen LogP contribution in [0.5, 0.6) is 0 Å². The fourth-order valence-corrected chi connectivity index (χ4v) is 4.13. The summed E-state index contributed by atoms with van der Waals surface area (Å²) in [6.45, 7) is 8.35. The molecule has 8 nitrogen and oxygen atoms in total. The molecule has 0 unspecified atom stereocenters. The second-order valence-electron chi connectivity index (χ2n) is 8.04. The number of hydrogen-bond donors (Lipinski definition) is 4. The molecule has 4 N–H and O–H groups in total. The Morgan fingerprint density at radius 1 is 1.28 bits per heavy atom. The summed E-state index contributed by atoms with van der Waals surface area (Å²) in [5.74, 6) is -0.242. The van der Waals surface area contributed by atoms with Gasteiger partial charge in [0.2, 0.25) is 0 Å². The normalized spacial score (nSPS) is 11.3. The standard InChI is InChI=1S/C23H33N5O3S/c1-6-8-18(24)19-20(25-5)21(29)28(15(2)27-19)14-7-13-26-16-9-11-17(12-10-16)32-23(3,4)22(30)31/h9-12,24-26H,6-8,13-14H2,1-5H3,(H,30,31). The van der Waals surface area contributed by atoms with Gasteiger partial charge in [0.05, 0.1) is 5.71 Å². The van der Waals surface area contributed by atoms with Crippen molar-refractivity contribution in [1.82, 2.24) is 9.55 Å². The van der Waals surface area contributed by atoms with Crippen molar-refractivity contribution < 1.29 is 9.90 Å². The molecule has 1 aromatic heterocycles. The molecule has 0 aliphatic rings. The summed E-state index contributed by atoms with van der Waals surface area (Å²) in [5.41, 5.74) is 1.97. The molecule has 0 aliphatic heterocycles. The van der Waals surface area contributed by atoms with Gasteiger partial charge in [-0.3, -0.25) is 14.2 Å². The molecule has 9 heteroatoms. The molecule has 0 radical (unpaired) electrons. The monoisotopic (exact) mass is 459 g/mol. The fourth-order valence-electron chi connectivity index (χ4n) is 3.19. The third kappa shape index (κ3) is 6.35. The number of aliphatic carboxylic acids is 1. The van der Waals surface area contributed by atoms with E-state index in [2.05, 4.69) is 15.6 Å². The molecule has 0 atom stereocenters. The number of anilines is 2. The first kappa shape index (κ1) is 25.5. The van der Waals surface area contributed by atoms with Crippen LogP contribution in [0.4, 0.5) is 11.4 Å². The smallest absolute Gasteiger partial charge is 0.319 e. The average molecular weight is 460 g/mol. The summed E-state index contributed by atoms with van der Waals surface area (Å²) < 4.78 is 0.759. The largest absolute Gasteiger partial charge is 0.480 e. The highest BCUT2D eigenvalue weighted by molar-refractivity contribution is 8.01. The Morgan fingerprint density at radius 3 is 2.50 bits per heavy atom. The van der Waals surface area contributed by atoms with Gasteiger partial charge in [-0.2, -0.15) is 0 Å². The molecule has 0 spiro atoms. The molecule has 0 saturated carbocycles. The molecular weight excluding hydrogens is 426 g/mol. The van der Waals surface area contributed by atoms with Crippen molar-refractivity contribution >= 4 is 34.8 Å². The Kier molecular flexibility index (Phi) is 8.89. The van der Waals surface area contributed by atoms with Crippen LogP contribution in [0.2, 0.25) is 0 Å². The first-order valence-electron chi connectivity index (χ1n) is 10.7. The van der Waals surface area contributed by atoms with Gasteiger partial charge in [0, 0.05) is 30.7 Å². The molecular formula is C23H33N5O3S. The van der Waals surface area contributed by atoms with Gasteiger partial charge in [0.1, 0.15) is 22.0 Å². The molecule has 0 aliphatic carbocycles. The summed E-state index contributed by atoms with van der Waals surface area (Å²) in [6, 6.07) is 7.65. The van der Waals surface area contributed by atoms with Crippen molar-refractivity contribution in [2.24, 2.45) is 0 Å². The van der Waals surface area contributed by atoms with Crippen LogP contribution < -0.4 is 16.2 Å². The number of aryl methyl sites for hydroxylation is 1. The van der Waals surface area contributed by atoms with E-state index in [1.165, 1.54) is 11.8 Å². The lowest BCUT2D eigenvalue weighted by Crippen LogP contribution is -2.30. The summed E-state index contributed by atoms with van der Waals surface area (Å²) in [6.07, 6.45) is 2.13. The predicted octanol–water partition coefficient (Wildman–Crippen LogP) is 4.22. The zero-order chi connectivity index (χ0) is 23.9. The molecule has 1 aromatic carbocycles. The highest BCUT2D eigenvalue weighted by Gasteiger charge is 2.28. The van der Waals surface area contributed by atoms with Crippen LogP contribution in [0, 0.1) is 12.3 Å². The molecule has 32 heavy (non-hydrogen) atoms. The zero-order valence-corrected chi connectivity index (χ0v) is 20.2. The van der Waals surface area contributed by atoms with Crippen LogP contribution in [-0.4, -0.2) is 44.7 Å². The Labute approximate surface area is 193 Å². The summed E-state index contributed by atoms with van der Waals surface area (Å²) >= 11 is 1.31. The van der Waals surface area contributed by atoms with Crippen molar-refractivity contribution in [3.63, 3.8) is 0 Å². The quantitative estimate of drug-likeness (QED) is 0.213. The molecule has 2 aromatic rings. The van der Waals surface area contributed by atoms with Crippen molar-refractivity contribution in [1.29, 1.82) is 5.41 Å². The van der Waals surface area contributed by atoms with Gasteiger partial charge in [0.25, 0.3) is 5.56 Å². The SMILES string of the molecule is CCCC(=N)c1nc(C)n(CCCNc2ccc(SC(C)(C)C(=O)O)cc2)c(=O)c1NC. The summed E-state index contributed by atoms with van der Waals surface area (Å²) in [5, 5.41) is 23.7. The van der Waals surface area contributed by atoms with Crippen LogP contribution in [0.3, 0.4) is 0 Å². The number of benzene rings is 1. The fraction of sp³-hybridized carbons (Fsp3) is 0.478. The highest BCUT2D eigenvalue weighted by Crippen LogP contribution is 2.33. The Hall–Kier alpha value is -2.81. The molecule has 0 bridgehead atoms. The van der Waals surface area contributed by atoms with Crippen molar-refractivity contribution in [3.8, 4) is 0 Å². The zero-order valence-electron chi connectivity index (χ0n) is 19.4. The molecule has 0 amide bonds. The topological polar surface area (TPSA) is 120 Å². The number of nitrogens with one attached hydrogen (secondary N) is 3. The first-order valence-corrected chi connectivity index (χ1v) is 11.6. The van der Waals surface area contributed by atoms with E-state index in [0.717, 1.165) is 23.4 Å². The number of nitrogens with zero attached hydrogens (tertiary/aromatic N) is 2. The van der Waals surface area contributed by atoms with E-state index in [1.807, 2.05) is 31.2 Å². The maximum Gasteiger partial charge on any atom is 0.319 e. The van der Waals surface area contributed by atoms with Gasteiger partial charge in [-0.15, -0.1) is 11.8 Å². The van der Waals surface area contributed by atoms with E-state index in [1.54, 1.807) is 32.4 Å². The summed E-state index contributed by atoms with van der Waals surface area (Å²) in [7, 11) is 1.68. The van der Waals surface area contributed by atoms with Crippen LogP contribution in [0.15, 0.2) is 34.0 Å². The minimum Gasteiger partial charge on any atom is -0.480 e. The number of rotatable bonds is 12. The van der Waals surface area contributed by atoms with E-state index < -0.39 is 10.7 Å². The van der Waals surface area contributed by atoms with E-state index in [0.29, 0.717) is 42.4 Å². The van der Waals surface area contributed by atoms with Crippen LogP contribution in [0.25, 0.3) is 0 Å². The second-order valence-corrected chi connectivity index (χ2v) is 9.74. The number of carboxylic acid groups (broad SMARTS) is 1. The molecule has 0 saturated heterocycles. The maximum absolute atomic E-state index is 12.9. The van der Waals surface area contributed by atoms with E-state index in [-0.39, 0.29) is 5.56 Å². The van der Waals surface area contributed by atoms with Crippen LogP contribution >= 0.6 is 11.8 Å². The van der Waals surface area contributed by atoms with Gasteiger partial charge in [0.15, 0.2) is 0 Å². The average Bonchev–Trinajstić information content (AvgIpc) is 2.73. The Morgan fingerprint density at radius 2 is 1.94 bits per heavy atom. The van der Waals surface area contributed by atoms with Crippen molar-refractivity contribution in [2.75, 3.05) is 24.2 Å². The van der Waals surface area contributed by atoms with Gasteiger partial charge < -0.3 is 21.1 Å². The van der Waals surface area contributed by atoms with Gasteiger partial charge in [-0.05, 0) is 57.9 Å². The third-order valence-electron chi connectivity index (χ3n) is 5.03. The number of aromatic nitrogens is 2. The van der Waals surface area contributed by atoms with Crippen molar-refractivity contribution in [3.05, 3.63) is 46.1 Å². The van der Waals surface area contributed by atoms with E-state index in [4.69, 9.17) is 5.41 Å². The lowest BCUT2D eigenvalue weighted by atomic mass is 10.1. The predicted molar refractivity (Wildman–Crippen MR) is 132 cm³/mol. The Balaban J connectivity index is 1.99. The second kappa shape index (κ2) is 11.2. The number of carbonyl (C=O) groups is 1. The van der Waals surface area contributed by atoms with Gasteiger partial charge in [-0.25, -0.2) is 4.98 Å². The highest BCUT2D eigenvalue weighted by atomic mass is 32.2. The van der Waals surface area contributed by atoms with Crippen molar-refractivity contribution in [2.45, 2.75) is 63.1 Å². The number of carboxylic acids is 1. The molecule has 2 rings (SSSR count). The van der Waals surface area contributed by atoms with Gasteiger partial charge in [-0.1, -0.05) is 13.3 Å². The minimum absolute atomic E-state index is 0.154. The molecule has 174 valence electrons. The van der Waals surface area contributed by atoms with E-state index in [9.17, 15) is 14.7 Å². The lowest BCUT2D eigenvalue weighted by molar-refractivity contribution is -0.138. The van der Waals surface area contributed by atoms with E-state index >= 15 is 0 Å². The summed E-state index contributed by atoms with van der Waals surface area (Å²) in [4.78, 5) is 29.6. The van der Waals surface area contributed by atoms with Crippen LogP contribution in [0.1, 0.15) is 51.6 Å². The maximum atomic E-state index is 12.9. The van der Waals surface area contributed by atoms with Crippen LogP contribution in [-0.2, 0) is 11.3 Å². The molecule has 1 heterocycles. The lowest BCUT2D eigenvalue weighted by Gasteiger charge is -2.18. The number of thioether (sulfide) groups is 1. The Bertz CT molecular complexity index is 1020. The number of hydrogen-bond acceptors (Lipinski definition) is 7. The third-order valence-corrected chi connectivity index (χ3v) is 6.22.